The average molecular weight is 276 g/mol. The van der Waals surface area contributed by atoms with Crippen molar-refractivity contribution in [3.63, 3.8) is 0 Å². The lowest BCUT2D eigenvalue weighted by Crippen LogP contribution is -2.02. The van der Waals surface area contributed by atoms with E-state index in [0.29, 0.717) is 28.6 Å². The number of benzene rings is 2. The number of Topliss-reactive ketones (excluding diaryl/α,β-unsaturated/α-hetero) is 1. The van der Waals surface area contributed by atoms with Crippen LogP contribution in [0.15, 0.2) is 42.5 Å². The second-order valence-electron chi connectivity index (χ2n) is 4.20. The van der Waals surface area contributed by atoms with Crippen LogP contribution in [0.3, 0.4) is 0 Å². The standard InChI is InChI=1S/C15H14ClNO2/c1-10(18)12-7-13(16)15(8-14(12)17)19-9-11-5-3-2-4-6-11/h2-8H,9,17H2,1H3. The van der Waals surface area contributed by atoms with Gasteiger partial charge in [-0.05, 0) is 18.6 Å². The number of carbonyl (C=O) groups is 1. The van der Waals surface area contributed by atoms with E-state index in [4.69, 9.17) is 22.1 Å². The van der Waals surface area contributed by atoms with E-state index in [0.717, 1.165) is 5.56 Å². The van der Waals surface area contributed by atoms with Gasteiger partial charge < -0.3 is 10.5 Å². The molecule has 0 bridgehead atoms. The van der Waals surface area contributed by atoms with Gasteiger partial charge in [0.25, 0.3) is 0 Å². The fourth-order valence-corrected chi connectivity index (χ4v) is 1.94. The number of nitrogens with two attached hydrogens (primary N) is 1. The number of hydrogen-bond acceptors (Lipinski definition) is 3. The molecule has 2 N–H and O–H groups in total. The van der Waals surface area contributed by atoms with Gasteiger partial charge in [0.1, 0.15) is 12.4 Å². The van der Waals surface area contributed by atoms with E-state index in [2.05, 4.69) is 0 Å². The van der Waals surface area contributed by atoms with E-state index in [9.17, 15) is 4.79 Å². The van der Waals surface area contributed by atoms with Gasteiger partial charge in [-0.25, -0.2) is 0 Å². The normalized spacial score (nSPS) is 10.2. The minimum absolute atomic E-state index is 0.117. The van der Waals surface area contributed by atoms with Crippen LogP contribution in [0.25, 0.3) is 0 Å². The lowest BCUT2D eigenvalue weighted by Gasteiger charge is -2.11. The molecule has 0 atom stereocenters. The molecule has 0 aliphatic carbocycles. The smallest absolute Gasteiger partial charge is 0.161 e. The predicted octanol–water partition coefficient (Wildman–Crippen LogP) is 3.70. The fourth-order valence-electron chi connectivity index (χ4n) is 1.72. The largest absolute Gasteiger partial charge is 0.487 e. The Morgan fingerprint density at radius 1 is 1.26 bits per heavy atom. The molecule has 0 unspecified atom stereocenters. The summed E-state index contributed by atoms with van der Waals surface area (Å²) in [6, 6.07) is 12.9. The number of halogens is 1. The van der Waals surface area contributed by atoms with Crippen molar-refractivity contribution >= 4 is 23.1 Å². The Morgan fingerprint density at radius 3 is 2.58 bits per heavy atom. The number of ketones is 1. The molecule has 2 aromatic carbocycles. The van der Waals surface area contributed by atoms with Gasteiger partial charge in [0, 0.05) is 17.3 Å². The van der Waals surface area contributed by atoms with Gasteiger partial charge in [0.15, 0.2) is 5.78 Å². The maximum Gasteiger partial charge on any atom is 0.161 e. The quantitative estimate of drug-likeness (QED) is 0.684. The molecule has 98 valence electrons. The Morgan fingerprint density at radius 2 is 1.95 bits per heavy atom. The maximum absolute atomic E-state index is 11.3. The van der Waals surface area contributed by atoms with Crippen molar-refractivity contribution in [2.75, 3.05) is 5.73 Å². The van der Waals surface area contributed by atoms with Crippen LogP contribution < -0.4 is 10.5 Å². The van der Waals surface area contributed by atoms with Gasteiger partial charge in [-0.15, -0.1) is 0 Å². The minimum atomic E-state index is -0.117. The maximum atomic E-state index is 11.3. The number of anilines is 1. The molecule has 0 saturated heterocycles. The molecule has 0 aliphatic heterocycles. The van der Waals surface area contributed by atoms with Crippen LogP contribution in [0, 0.1) is 0 Å². The van der Waals surface area contributed by atoms with Crippen LogP contribution >= 0.6 is 11.6 Å². The average Bonchev–Trinajstić information content (AvgIpc) is 2.40. The van der Waals surface area contributed by atoms with Crippen molar-refractivity contribution < 1.29 is 9.53 Å². The number of rotatable bonds is 4. The lowest BCUT2D eigenvalue weighted by atomic mass is 10.1. The van der Waals surface area contributed by atoms with Gasteiger partial charge in [0.05, 0.1) is 5.02 Å². The van der Waals surface area contributed by atoms with Crippen LogP contribution in [0.1, 0.15) is 22.8 Å². The van der Waals surface area contributed by atoms with E-state index < -0.39 is 0 Å². The summed E-state index contributed by atoms with van der Waals surface area (Å²) in [5.41, 5.74) is 7.62. The van der Waals surface area contributed by atoms with E-state index in [1.807, 2.05) is 30.3 Å². The summed E-state index contributed by atoms with van der Waals surface area (Å²) in [6.45, 7) is 1.85. The third kappa shape index (κ3) is 3.26. The van der Waals surface area contributed by atoms with E-state index in [1.54, 1.807) is 12.1 Å². The molecule has 0 heterocycles. The summed E-state index contributed by atoms with van der Waals surface area (Å²) in [5, 5.41) is 0.385. The van der Waals surface area contributed by atoms with Gasteiger partial charge in [-0.2, -0.15) is 0 Å². The first kappa shape index (κ1) is 13.4. The molecular weight excluding hydrogens is 262 g/mol. The molecule has 0 amide bonds. The van der Waals surface area contributed by atoms with Crippen molar-refractivity contribution in [1.29, 1.82) is 0 Å². The third-order valence-corrected chi connectivity index (χ3v) is 3.02. The highest BCUT2D eigenvalue weighted by molar-refractivity contribution is 6.32. The minimum Gasteiger partial charge on any atom is -0.487 e. The first-order valence-corrected chi connectivity index (χ1v) is 6.22. The van der Waals surface area contributed by atoms with E-state index in [-0.39, 0.29) is 5.78 Å². The number of carbonyl (C=O) groups excluding carboxylic acids is 1. The SMILES string of the molecule is CC(=O)c1cc(Cl)c(OCc2ccccc2)cc1N. The summed E-state index contributed by atoms with van der Waals surface area (Å²) in [4.78, 5) is 11.3. The molecular formula is C15H14ClNO2. The van der Waals surface area contributed by atoms with Crippen LogP contribution in [-0.4, -0.2) is 5.78 Å². The molecule has 4 heteroatoms. The molecule has 0 fully saturated rings. The first-order chi connectivity index (χ1) is 9.08. The highest BCUT2D eigenvalue weighted by atomic mass is 35.5. The van der Waals surface area contributed by atoms with Gasteiger partial charge in [-0.1, -0.05) is 41.9 Å². The van der Waals surface area contributed by atoms with Crippen molar-refractivity contribution in [1.82, 2.24) is 0 Å². The van der Waals surface area contributed by atoms with Crippen LogP contribution in [0.5, 0.6) is 5.75 Å². The summed E-state index contributed by atoms with van der Waals surface area (Å²) in [7, 11) is 0. The summed E-state index contributed by atoms with van der Waals surface area (Å²) in [5.74, 6) is 0.363. The number of hydrogen-bond donors (Lipinski definition) is 1. The Balaban J connectivity index is 2.17. The monoisotopic (exact) mass is 275 g/mol. The zero-order chi connectivity index (χ0) is 13.8. The van der Waals surface area contributed by atoms with Crippen LogP contribution in [-0.2, 0) is 6.61 Å². The van der Waals surface area contributed by atoms with Crippen molar-refractivity contribution in [2.45, 2.75) is 13.5 Å². The molecule has 2 rings (SSSR count). The van der Waals surface area contributed by atoms with Gasteiger partial charge in [-0.3, -0.25) is 4.79 Å². The van der Waals surface area contributed by atoms with Gasteiger partial charge >= 0.3 is 0 Å². The zero-order valence-corrected chi connectivity index (χ0v) is 11.3. The molecule has 3 nitrogen and oxygen atoms in total. The second kappa shape index (κ2) is 5.76. The number of nitrogen functional groups attached to an aromatic ring is 1. The number of ether oxygens (including phenoxy) is 1. The van der Waals surface area contributed by atoms with Crippen molar-refractivity contribution in [2.24, 2.45) is 0 Å². The van der Waals surface area contributed by atoms with Crippen molar-refractivity contribution in [3.05, 3.63) is 58.6 Å². The highest BCUT2D eigenvalue weighted by Crippen LogP contribution is 2.30. The second-order valence-corrected chi connectivity index (χ2v) is 4.61. The molecule has 0 aliphatic rings. The lowest BCUT2D eigenvalue weighted by molar-refractivity contribution is 0.101. The summed E-state index contributed by atoms with van der Waals surface area (Å²) in [6.07, 6.45) is 0. The Hall–Kier alpha value is -2.00. The summed E-state index contributed by atoms with van der Waals surface area (Å²) < 4.78 is 5.62. The zero-order valence-electron chi connectivity index (χ0n) is 10.5. The first-order valence-electron chi connectivity index (χ1n) is 5.84. The van der Waals surface area contributed by atoms with Crippen molar-refractivity contribution in [3.8, 4) is 5.75 Å². The van der Waals surface area contributed by atoms with Gasteiger partial charge in [0.2, 0.25) is 0 Å². The van der Waals surface area contributed by atoms with E-state index >= 15 is 0 Å². The molecule has 0 spiro atoms. The molecule has 2 aromatic rings. The Bertz CT molecular complexity index is 597. The predicted molar refractivity (Wildman–Crippen MR) is 76.6 cm³/mol. The third-order valence-electron chi connectivity index (χ3n) is 2.72. The highest BCUT2D eigenvalue weighted by Gasteiger charge is 2.11. The topological polar surface area (TPSA) is 52.3 Å². The van der Waals surface area contributed by atoms with Crippen LogP contribution in [0.4, 0.5) is 5.69 Å². The Labute approximate surface area is 117 Å². The molecule has 0 aromatic heterocycles. The molecule has 0 saturated carbocycles. The molecule has 19 heavy (non-hydrogen) atoms. The summed E-state index contributed by atoms with van der Waals surface area (Å²) >= 11 is 6.08. The van der Waals surface area contributed by atoms with Crippen LogP contribution in [0.2, 0.25) is 5.02 Å². The molecule has 0 radical (unpaired) electrons. The Kier molecular flexibility index (Phi) is 4.07. The van der Waals surface area contributed by atoms with E-state index in [1.165, 1.54) is 6.92 Å². The fraction of sp³-hybridized carbons (Fsp3) is 0.133.